The Bertz CT molecular complexity index is 1140. The predicted molar refractivity (Wildman–Crippen MR) is 130 cm³/mol. The topological polar surface area (TPSA) is 50.6 Å². The van der Waals surface area contributed by atoms with Crippen molar-refractivity contribution < 1.29 is 13.9 Å². The highest BCUT2D eigenvalue weighted by Crippen LogP contribution is 2.31. The first-order chi connectivity index (χ1) is 16.4. The fourth-order valence-electron chi connectivity index (χ4n) is 4.55. The Balaban J connectivity index is 1.70. The van der Waals surface area contributed by atoms with Crippen LogP contribution in [-0.2, 0) is 30.8 Å². The summed E-state index contributed by atoms with van der Waals surface area (Å²) in [6.45, 7) is 9.30. The lowest BCUT2D eigenvalue weighted by molar-refractivity contribution is -0.134. The van der Waals surface area contributed by atoms with E-state index in [1.165, 1.54) is 12.1 Å². The van der Waals surface area contributed by atoms with E-state index in [1.54, 1.807) is 7.11 Å². The molecule has 3 aromatic rings. The minimum absolute atomic E-state index is 0.0675. The van der Waals surface area contributed by atoms with Crippen molar-refractivity contribution in [3.05, 3.63) is 76.9 Å². The number of hydrogen-bond donors (Lipinski definition) is 0. The third-order valence-corrected chi connectivity index (χ3v) is 6.38. The number of para-hydroxylation sites is 2. The molecule has 0 bridgehead atoms. The minimum atomic E-state index is -0.223. The lowest BCUT2D eigenvalue weighted by atomic mass is 10.0. The summed E-state index contributed by atoms with van der Waals surface area (Å²) in [6.07, 6.45) is 0.825. The summed E-state index contributed by atoms with van der Waals surface area (Å²) >= 11 is 0. The Morgan fingerprint density at radius 1 is 1.18 bits per heavy atom. The fourth-order valence-corrected chi connectivity index (χ4v) is 4.55. The van der Waals surface area contributed by atoms with Gasteiger partial charge in [-0.2, -0.15) is 5.10 Å². The van der Waals surface area contributed by atoms with E-state index in [-0.39, 0.29) is 17.6 Å². The zero-order valence-corrected chi connectivity index (χ0v) is 20.4. The summed E-state index contributed by atoms with van der Waals surface area (Å²) in [5, 5.41) is 5.02. The molecule has 0 aliphatic carbocycles. The lowest BCUT2D eigenvalue weighted by Gasteiger charge is -2.29. The Morgan fingerprint density at radius 2 is 1.91 bits per heavy atom. The van der Waals surface area contributed by atoms with Gasteiger partial charge in [-0.1, -0.05) is 38.1 Å². The molecule has 1 amide bonds. The molecule has 2 heterocycles. The number of amides is 1. The predicted octanol–water partition coefficient (Wildman–Crippen LogP) is 4.58. The van der Waals surface area contributed by atoms with Crippen LogP contribution in [-0.4, -0.2) is 45.7 Å². The smallest absolute Gasteiger partial charge is 0.225 e. The average molecular weight is 465 g/mol. The molecule has 0 spiro atoms. The molecule has 1 aliphatic heterocycles. The number of nitrogens with zero attached hydrogens (tertiary/aromatic N) is 4. The first-order valence-electron chi connectivity index (χ1n) is 11.9. The summed E-state index contributed by atoms with van der Waals surface area (Å²) in [4.78, 5) is 17.0. The number of methoxy groups -OCH3 is 1. The van der Waals surface area contributed by atoms with E-state index in [0.29, 0.717) is 13.1 Å². The van der Waals surface area contributed by atoms with Gasteiger partial charge in [0.05, 0.1) is 25.0 Å². The van der Waals surface area contributed by atoms with Crippen molar-refractivity contribution in [2.75, 3.05) is 20.2 Å². The van der Waals surface area contributed by atoms with Gasteiger partial charge in [-0.3, -0.25) is 9.69 Å². The molecule has 1 aromatic heterocycles. The number of hydrogen-bond acceptors (Lipinski definition) is 4. The molecule has 7 heteroatoms. The lowest BCUT2D eigenvalue weighted by Crippen LogP contribution is -2.35. The molecule has 6 nitrogen and oxygen atoms in total. The molecule has 180 valence electrons. The second-order valence-corrected chi connectivity index (χ2v) is 9.05. The van der Waals surface area contributed by atoms with E-state index >= 15 is 0 Å². The van der Waals surface area contributed by atoms with Crippen LogP contribution in [0.25, 0.3) is 5.69 Å². The van der Waals surface area contributed by atoms with Gasteiger partial charge in [0, 0.05) is 44.1 Å². The molecule has 0 unspecified atom stereocenters. The van der Waals surface area contributed by atoms with Gasteiger partial charge in [0.25, 0.3) is 0 Å². The standard InChI is InChI=1S/C27H33FN4O2/c1-5-31(27(33)19(2)3)18-23-22-17-30(16-20-10-12-21(28)13-11-20)15-14-24(22)32(29-23)25-8-6-7-9-26(25)34-4/h6-13,19H,5,14-18H2,1-4H3. The van der Waals surface area contributed by atoms with Crippen LogP contribution < -0.4 is 4.74 Å². The Labute approximate surface area is 200 Å². The van der Waals surface area contributed by atoms with Crippen LogP contribution in [0.5, 0.6) is 5.75 Å². The first-order valence-corrected chi connectivity index (χ1v) is 11.9. The van der Waals surface area contributed by atoms with E-state index < -0.39 is 0 Å². The van der Waals surface area contributed by atoms with Gasteiger partial charge in [-0.25, -0.2) is 9.07 Å². The Morgan fingerprint density at radius 3 is 2.59 bits per heavy atom. The van der Waals surface area contributed by atoms with Gasteiger partial charge in [0.15, 0.2) is 0 Å². The highest BCUT2D eigenvalue weighted by molar-refractivity contribution is 5.78. The fraction of sp³-hybridized carbons (Fsp3) is 0.407. The zero-order valence-electron chi connectivity index (χ0n) is 20.4. The van der Waals surface area contributed by atoms with Crippen LogP contribution >= 0.6 is 0 Å². The number of halogens is 1. The average Bonchev–Trinajstić information content (AvgIpc) is 3.20. The van der Waals surface area contributed by atoms with E-state index in [2.05, 4.69) is 4.90 Å². The van der Waals surface area contributed by atoms with E-state index in [4.69, 9.17) is 9.84 Å². The summed E-state index contributed by atoms with van der Waals surface area (Å²) in [5.41, 5.74) is 5.21. The number of benzene rings is 2. The van der Waals surface area contributed by atoms with Crippen LogP contribution in [0, 0.1) is 11.7 Å². The maximum Gasteiger partial charge on any atom is 0.225 e. The molecule has 1 aliphatic rings. The summed E-state index contributed by atoms with van der Waals surface area (Å²) in [7, 11) is 1.67. The largest absolute Gasteiger partial charge is 0.494 e. The van der Waals surface area contributed by atoms with Crippen molar-refractivity contribution in [1.82, 2.24) is 19.6 Å². The number of rotatable bonds is 8. The third-order valence-electron chi connectivity index (χ3n) is 6.38. The second-order valence-electron chi connectivity index (χ2n) is 9.05. The van der Waals surface area contributed by atoms with Crippen molar-refractivity contribution in [3.63, 3.8) is 0 Å². The van der Waals surface area contributed by atoms with Gasteiger partial charge in [-0.15, -0.1) is 0 Å². The first kappa shape index (κ1) is 24.0. The molecule has 4 rings (SSSR count). The van der Waals surface area contributed by atoms with Gasteiger partial charge in [-0.05, 0) is 36.8 Å². The molecular formula is C27H33FN4O2. The number of ether oxygens (including phenoxy) is 1. The number of carbonyl (C=O) groups is 1. The summed E-state index contributed by atoms with van der Waals surface area (Å²) in [5.74, 6) is 0.599. The van der Waals surface area contributed by atoms with Crippen molar-refractivity contribution in [2.24, 2.45) is 5.92 Å². The Hall–Kier alpha value is -3.19. The van der Waals surface area contributed by atoms with E-state index in [9.17, 15) is 9.18 Å². The summed E-state index contributed by atoms with van der Waals surface area (Å²) in [6, 6.07) is 14.6. The monoisotopic (exact) mass is 464 g/mol. The number of carbonyl (C=O) groups excluding carboxylic acids is 1. The van der Waals surface area contributed by atoms with E-state index in [1.807, 2.05) is 66.8 Å². The molecule has 34 heavy (non-hydrogen) atoms. The van der Waals surface area contributed by atoms with E-state index in [0.717, 1.165) is 60.0 Å². The SMILES string of the molecule is CCN(Cc1nn(-c2ccccc2OC)c2c1CN(Cc1ccc(F)cc1)CC2)C(=O)C(C)C. The molecule has 0 radical (unpaired) electrons. The van der Waals surface area contributed by atoms with Crippen LogP contribution in [0.15, 0.2) is 48.5 Å². The molecule has 0 saturated carbocycles. The van der Waals surface area contributed by atoms with Gasteiger partial charge < -0.3 is 9.64 Å². The van der Waals surface area contributed by atoms with Crippen molar-refractivity contribution in [3.8, 4) is 11.4 Å². The summed E-state index contributed by atoms with van der Waals surface area (Å²) < 4.78 is 21.0. The van der Waals surface area contributed by atoms with Crippen LogP contribution in [0.2, 0.25) is 0 Å². The third kappa shape index (κ3) is 4.99. The van der Waals surface area contributed by atoms with Crippen LogP contribution in [0.1, 0.15) is 43.3 Å². The molecule has 2 aromatic carbocycles. The Kier molecular flexibility index (Phi) is 7.32. The van der Waals surface area contributed by atoms with Gasteiger partial charge in [0.2, 0.25) is 5.91 Å². The molecule has 0 atom stereocenters. The number of aromatic nitrogens is 2. The highest BCUT2D eigenvalue weighted by atomic mass is 19.1. The van der Waals surface area contributed by atoms with Crippen LogP contribution in [0.3, 0.4) is 0 Å². The van der Waals surface area contributed by atoms with Crippen molar-refractivity contribution in [1.29, 1.82) is 0 Å². The number of fused-ring (bicyclic) bond motifs is 1. The molecular weight excluding hydrogens is 431 g/mol. The van der Waals surface area contributed by atoms with Crippen LogP contribution in [0.4, 0.5) is 4.39 Å². The maximum atomic E-state index is 13.4. The minimum Gasteiger partial charge on any atom is -0.494 e. The van der Waals surface area contributed by atoms with Crippen molar-refractivity contribution in [2.45, 2.75) is 46.8 Å². The maximum absolute atomic E-state index is 13.4. The van der Waals surface area contributed by atoms with Gasteiger partial charge in [0.1, 0.15) is 17.3 Å². The van der Waals surface area contributed by atoms with Crippen molar-refractivity contribution >= 4 is 5.91 Å². The molecule has 0 fully saturated rings. The van der Waals surface area contributed by atoms with Gasteiger partial charge >= 0.3 is 0 Å². The molecule has 0 N–H and O–H groups in total. The quantitative estimate of drug-likeness (QED) is 0.490. The molecule has 0 saturated heterocycles. The normalized spacial score (nSPS) is 13.7. The highest BCUT2D eigenvalue weighted by Gasteiger charge is 2.28. The zero-order chi connectivity index (χ0) is 24.2. The second kappa shape index (κ2) is 10.4.